The highest BCUT2D eigenvalue weighted by atomic mass is 16.3. The van der Waals surface area contributed by atoms with Crippen molar-refractivity contribution in [2.24, 2.45) is 0 Å². The first-order chi connectivity index (χ1) is 13.1. The maximum absolute atomic E-state index is 10.1. The third-order valence-corrected chi connectivity index (χ3v) is 4.22. The monoisotopic (exact) mass is 320 g/mol. The molecule has 0 aliphatic heterocycles. The van der Waals surface area contributed by atoms with Crippen LogP contribution in [0.25, 0.3) is 27.6 Å². The molecule has 2 aromatic heterocycles. The van der Waals surface area contributed by atoms with Gasteiger partial charge in [0.25, 0.3) is 0 Å². The molecule has 0 fully saturated rings. The van der Waals surface area contributed by atoms with Gasteiger partial charge in [0.1, 0.15) is 11.6 Å². The molecule has 0 saturated carbocycles. The van der Waals surface area contributed by atoms with Crippen molar-refractivity contribution in [3.63, 3.8) is 0 Å². The molecule has 0 bridgehead atoms. The van der Waals surface area contributed by atoms with E-state index in [1.807, 2.05) is 12.1 Å². The van der Waals surface area contributed by atoms with Crippen LogP contribution >= 0.6 is 0 Å². The Morgan fingerprint density at radius 3 is 2.58 bits per heavy atom. The molecule has 0 saturated heterocycles. The Morgan fingerprint density at radius 1 is 1.00 bits per heavy atom. The van der Waals surface area contributed by atoms with E-state index >= 15 is 0 Å². The number of phenols is 1. The third kappa shape index (κ3) is 2.24. The highest BCUT2D eigenvalue weighted by molar-refractivity contribution is 6.09. The fourth-order valence-corrected chi connectivity index (χ4v) is 2.95. The average molecular weight is 320 g/mol. The first kappa shape index (κ1) is 10.9. The molecule has 0 unspecified atom stereocenters. The summed E-state index contributed by atoms with van der Waals surface area (Å²) in [6, 6.07) is 7.82. The second-order valence-electron chi connectivity index (χ2n) is 6.91. The highest BCUT2D eigenvalue weighted by Gasteiger charge is 2.17. The number of benzene rings is 2. The van der Waals surface area contributed by atoms with Crippen molar-refractivity contribution in [2.75, 3.05) is 0 Å². The molecule has 4 rings (SSSR count). The fraction of sp³-hybridized carbons (Fsp3) is 0.190. The minimum Gasteiger partial charge on any atom is -0.508 e. The molecule has 0 radical (unpaired) electrons. The molecule has 2 aromatic carbocycles. The lowest BCUT2D eigenvalue weighted by molar-refractivity contribution is 0.476. The number of nitrogens with zero attached hydrogens (tertiary/aromatic N) is 2. The topological polar surface area (TPSA) is 38.0 Å². The molecule has 0 spiro atoms. The van der Waals surface area contributed by atoms with E-state index in [2.05, 4.69) is 25.8 Å². The number of aromatic hydroxyl groups is 1. The van der Waals surface area contributed by atoms with Gasteiger partial charge in [0, 0.05) is 23.0 Å². The van der Waals surface area contributed by atoms with Gasteiger partial charge < -0.3 is 5.11 Å². The molecule has 0 aliphatic rings. The lowest BCUT2D eigenvalue weighted by Gasteiger charge is -2.20. The van der Waals surface area contributed by atoms with E-state index in [1.54, 1.807) is 22.9 Å². The van der Waals surface area contributed by atoms with E-state index in [1.165, 1.54) is 6.07 Å². The zero-order chi connectivity index (χ0) is 20.4. The minimum atomic E-state index is -0.294. The second kappa shape index (κ2) is 5.10. The van der Waals surface area contributed by atoms with Crippen LogP contribution in [0.4, 0.5) is 0 Å². The van der Waals surface area contributed by atoms with Gasteiger partial charge in [-0.05, 0) is 41.3 Å². The van der Waals surface area contributed by atoms with E-state index in [-0.39, 0.29) is 35.3 Å². The van der Waals surface area contributed by atoms with Crippen LogP contribution in [0, 0.1) is 0 Å². The predicted molar refractivity (Wildman–Crippen MR) is 98.9 cm³/mol. The molecule has 2 heterocycles. The van der Waals surface area contributed by atoms with Gasteiger partial charge in [-0.25, -0.2) is 4.98 Å². The predicted octanol–water partition coefficient (Wildman–Crippen LogP) is 5.18. The Balaban J connectivity index is 2.24. The number of pyridine rings is 1. The molecular weight excluding hydrogens is 296 g/mol. The van der Waals surface area contributed by atoms with Crippen molar-refractivity contribution < 1.29 is 10.6 Å². The summed E-state index contributed by atoms with van der Waals surface area (Å²) in [6.07, 6.45) is 1.70. The van der Waals surface area contributed by atoms with Crippen LogP contribution in [-0.2, 0) is 5.41 Å². The van der Waals surface area contributed by atoms with Gasteiger partial charge in [0.05, 0.1) is 16.5 Å². The summed E-state index contributed by atoms with van der Waals surface area (Å²) in [7, 11) is 0. The Hall–Kier alpha value is -2.81. The molecule has 24 heavy (non-hydrogen) atoms. The summed E-state index contributed by atoms with van der Waals surface area (Å²) in [6.45, 7) is 6.28. The molecule has 0 amide bonds. The van der Waals surface area contributed by atoms with Gasteiger partial charge in [0.2, 0.25) is 0 Å². The van der Waals surface area contributed by atoms with Crippen molar-refractivity contribution >= 4 is 21.8 Å². The molecule has 3 nitrogen and oxygen atoms in total. The van der Waals surface area contributed by atoms with Gasteiger partial charge in [-0.15, -0.1) is 0 Å². The number of hydrogen-bond acceptors (Lipinski definition) is 2. The van der Waals surface area contributed by atoms with E-state index in [9.17, 15) is 5.11 Å². The Bertz CT molecular complexity index is 1260. The van der Waals surface area contributed by atoms with E-state index in [4.69, 9.17) is 5.48 Å². The van der Waals surface area contributed by atoms with Crippen LogP contribution in [0.5, 0.6) is 5.75 Å². The first-order valence-electron chi connectivity index (χ1n) is 9.81. The zero-order valence-electron chi connectivity index (χ0n) is 17.8. The molecule has 3 heteroatoms. The summed E-state index contributed by atoms with van der Waals surface area (Å²) >= 11 is 0. The lowest BCUT2D eigenvalue weighted by atomic mass is 9.88. The van der Waals surface area contributed by atoms with Crippen LogP contribution < -0.4 is 0 Å². The molecule has 120 valence electrons. The summed E-state index contributed by atoms with van der Waals surface area (Å²) < 4.78 is 34.7. The number of para-hydroxylation sites is 1. The summed E-state index contributed by atoms with van der Waals surface area (Å²) in [5, 5.41) is 11.1. The first-order valence-corrected chi connectivity index (χ1v) is 7.81. The van der Waals surface area contributed by atoms with Gasteiger partial charge >= 0.3 is 0 Å². The van der Waals surface area contributed by atoms with Crippen LogP contribution in [0.15, 0.2) is 60.7 Å². The standard InChI is InChI=1S/C21H20N2O/c1-21(2,3)14-10-11-22-20(12-14)23-18-7-5-4-6-16(18)17-9-8-15(24)13-19(17)23/h4-13,24H,1-3H3/i4D,5D,6D,7D. The van der Waals surface area contributed by atoms with Gasteiger partial charge in [-0.2, -0.15) is 0 Å². The summed E-state index contributed by atoms with van der Waals surface area (Å²) in [5.41, 5.74) is 1.87. The van der Waals surface area contributed by atoms with E-state index < -0.39 is 0 Å². The van der Waals surface area contributed by atoms with Gasteiger partial charge in [-0.1, -0.05) is 38.9 Å². The normalized spacial score (nSPS) is 14.5. The lowest BCUT2D eigenvalue weighted by Crippen LogP contribution is -2.12. The quantitative estimate of drug-likeness (QED) is 0.524. The van der Waals surface area contributed by atoms with Crippen LogP contribution in [0.2, 0.25) is 0 Å². The van der Waals surface area contributed by atoms with Crippen LogP contribution in [0.1, 0.15) is 31.8 Å². The van der Waals surface area contributed by atoms with Crippen LogP contribution in [0.3, 0.4) is 0 Å². The summed E-state index contributed by atoms with van der Waals surface area (Å²) in [5.74, 6) is 0.599. The van der Waals surface area contributed by atoms with Gasteiger partial charge in [0.15, 0.2) is 0 Å². The number of hydrogen-bond donors (Lipinski definition) is 1. The fourth-order valence-electron chi connectivity index (χ4n) is 2.95. The minimum absolute atomic E-state index is 0.0544. The third-order valence-electron chi connectivity index (χ3n) is 4.22. The molecular formula is C21H20N2O. The summed E-state index contributed by atoms with van der Waals surface area (Å²) in [4.78, 5) is 4.48. The smallest absolute Gasteiger partial charge is 0.137 e. The SMILES string of the molecule is [2H]c1c([2H])c([2H])c2c(c1[2H])c1ccc(O)cc1n2-c1cc(C(C)(C)C)ccn1. The van der Waals surface area contributed by atoms with Crippen molar-refractivity contribution in [3.8, 4) is 11.6 Å². The van der Waals surface area contributed by atoms with E-state index in [0.717, 1.165) is 5.56 Å². The van der Waals surface area contributed by atoms with Gasteiger partial charge in [-0.3, -0.25) is 4.57 Å². The van der Waals surface area contributed by atoms with Crippen molar-refractivity contribution in [2.45, 2.75) is 26.2 Å². The van der Waals surface area contributed by atoms with E-state index in [0.29, 0.717) is 27.6 Å². The Kier molecular flexibility index (Phi) is 2.31. The molecule has 0 atom stereocenters. The largest absolute Gasteiger partial charge is 0.508 e. The highest BCUT2D eigenvalue weighted by Crippen LogP contribution is 2.34. The average Bonchev–Trinajstić information content (AvgIpc) is 2.98. The van der Waals surface area contributed by atoms with Crippen LogP contribution in [-0.4, -0.2) is 14.7 Å². The maximum atomic E-state index is 10.1. The van der Waals surface area contributed by atoms with Crippen molar-refractivity contribution in [3.05, 3.63) is 66.3 Å². The Morgan fingerprint density at radius 2 is 1.79 bits per heavy atom. The molecule has 1 N–H and O–H groups in total. The Labute approximate surface area is 146 Å². The van der Waals surface area contributed by atoms with Crippen molar-refractivity contribution in [1.82, 2.24) is 9.55 Å². The number of phenolic OH excluding ortho intramolecular Hbond substituents is 1. The number of fused-ring (bicyclic) bond motifs is 3. The molecule has 0 aliphatic carbocycles. The second-order valence-corrected chi connectivity index (χ2v) is 6.91. The zero-order valence-corrected chi connectivity index (χ0v) is 13.8. The number of aromatic nitrogens is 2. The maximum Gasteiger partial charge on any atom is 0.137 e. The molecule has 4 aromatic rings. The number of rotatable bonds is 1. The van der Waals surface area contributed by atoms with Crippen molar-refractivity contribution in [1.29, 1.82) is 0 Å².